The Hall–Kier alpha value is -0.530. The van der Waals surface area contributed by atoms with E-state index in [1.807, 2.05) is 0 Å². The zero-order valence-electron chi connectivity index (χ0n) is 11.5. The van der Waals surface area contributed by atoms with Gasteiger partial charge in [-0.2, -0.15) is 0 Å². The number of carbonyl (C=O) groups is 1. The van der Waals surface area contributed by atoms with Crippen LogP contribution in [0.3, 0.4) is 0 Å². The van der Waals surface area contributed by atoms with Crippen molar-refractivity contribution in [3.8, 4) is 0 Å². The van der Waals surface area contributed by atoms with Crippen LogP contribution in [0.4, 0.5) is 0 Å². The lowest BCUT2D eigenvalue weighted by molar-refractivity contribution is -0.159. The first-order chi connectivity index (χ1) is 8.65. The van der Waals surface area contributed by atoms with Crippen LogP contribution in [0.15, 0.2) is 0 Å². The van der Waals surface area contributed by atoms with Crippen molar-refractivity contribution in [2.75, 3.05) is 0 Å². The maximum Gasteiger partial charge on any atom is 0.309 e. The van der Waals surface area contributed by atoms with Crippen molar-refractivity contribution in [1.82, 2.24) is 0 Å². The van der Waals surface area contributed by atoms with Crippen molar-refractivity contribution in [3.63, 3.8) is 0 Å². The fraction of sp³-hybridized carbons (Fsp3) is 0.938. The number of fused-ring (bicyclic) bond motifs is 2. The Morgan fingerprint density at radius 3 is 2.67 bits per heavy atom. The Morgan fingerprint density at radius 1 is 1.28 bits per heavy atom. The first-order valence-corrected chi connectivity index (χ1v) is 7.89. The fourth-order valence-corrected chi connectivity index (χ4v) is 5.39. The molecule has 2 bridgehead atoms. The summed E-state index contributed by atoms with van der Waals surface area (Å²) in [4.78, 5) is 12.0. The maximum atomic E-state index is 12.0. The molecule has 0 spiro atoms. The summed E-state index contributed by atoms with van der Waals surface area (Å²) in [5.74, 6) is 2.29. The SMILES string of the molecule is CCC1CCCC(C(=O)O)(C2CC3CCC2C3)C1. The largest absolute Gasteiger partial charge is 0.481 e. The average molecular weight is 250 g/mol. The second-order valence-corrected chi connectivity index (χ2v) is 7.11. The molecule has 0 radical (unpaired) electrons. The molecule has 1 N–H and O–H groups in total. The van der Waals surface area contributed by atoms with Gasteiger partial charge >= 0.3 is 5.97 Å². The average Bonchev–Trinajstić information content (AvgIpc) is 3.01. The molecule has 0 aromatic rings. The van der Waals surface area contributed by atoms with Gasteiger partial charge in [-0.25, -0.2) is 0 Å². The smallest absolute Gasteiger partial charge is 0.309 e. The Labute approximate surface area is 110 Å². The highest BCUT2D eigenvalue weighted by Gasteiger charge is 2.55. The maximum absolute atomic E-state index is 12.0. The second-order valence-electron chi connectivity index (χ2n) is 7.11. The Morgan fingerprint density at radius 2 is 2.11 bits per heavy atom. The van der Waals surface area contributed by atoms with Crippen molar-refractivity contribution in [3.05, 3.63) is 0 Å². The van der Waals surface area contributed by atoms with E-state index < -0.39 is 5.97 Å². The first-order valence-electron chi connectivity index (χ1n) is 7.89. The van der Waals surface area contributed by atoms with Gasteiger partial charge in [0, 0.05) is 0 Å². The van der Waals surface area contributed by atoms with E-state index in [9.17, 15) is 9.90 Å². The van der Waals surface area contributed by atoms with E-state index in [2.05, 4.69) is 6.92 Å². The molecule has 0 aromatic heterocycles. The Balaban J connectivity index is 1.85. The molecule has 0 saturated heterocycles. The fourth-order valence-electron chi connectivity index (χ4n) is 5.39. The third-order valence-corrected chi connectivity index (χ3v) is 6.34. The third-order valence-electron chi connectivity index (χ3n) is 6.34. The molecule has 5 atom stereocenters. The number of hydrogen-bond donors (Lipinski definition) is 1. The van der Waals surface area contributed by atoms with Crippen LogP contribution >= 0.6 is 0 Å². The molecule has 3 rings (SSSR count). The summed E-state index contributed by atoms with van der Waals surface area (Å²) >= 11 is 0. The van der Waals surface area contributed by atoms with Crippen molar-refractivity contribution in [2.24, 2.45) is 29.1 Å². The minimum Gasteiger partial charge on any atom is -0.481 e. The molecule has 3 aliphatic rings. The summed E-state index contributed by atoms with van der Waals surface area (Å²) in [7, 11) is 0. The summed E-state index contributed by atoms with van der Waals surface area (Å²) in [6.45, 7) is 2.23. The Kier molecular flexibility index (Phi) is 3.15. The minimum absolute atomic E-state index is 0.348. The predicted molar refractivity (Wildman–Crippen MR) is 71.3 cm³/mol. The van der Waals surface area contributed by atoms with Gasteiger partial charge in [-0.15, -0.1) is 0 Å². The van der Waals surface area contributed by atoms with Crippen LogP contribution in [0.5, 0.6) is 0 Å². The zero-order valence-corrected chi connectivity index (χ0v) is 11.5. The van der Waals surface area contributed by atoms with Gasteiger partial charge in [-0.05, 0) is 55.8 Å². The lowest BCUT2D eigenvalue weighted by Gasteiger charge is -2.44. The van der Waals surface area contributed by atoms with Gasteiger partial charge in [0.1, 0.15) is 0 Å². The normalized spacial score (nSPS) is 47.4. The van der Waals surface area contributed by atoms with Gasteiger partial charge in [-0.1, -0.05) is 32.6 Å². The molecule has 5 unspecified atom stereocenters. The van der Waals surface area contributed by atoms with E-state index in [0.29, 0.717) is 11.8 Å². The summed E-state index contributed by atoms with van der Waals surface area (Å²) in [5, 5.41) is 9.89. The van der Waals surface area contributed by atoms with Crippen molar-refractivity contribution in [2.45, 2.75) is 64.7 Å². The molecule has 102 valence electrons. The molecule has 3 fully saturated rings. The molecule has 2 heteroatoms. The molecule has 2 nitrogen and oxygen atoms in total. The summed E-state index contributed by atoms with van der Waals surface area (Å²) < 4.78 is 0. The van der Waals surface area contributed by atoms with Crippen molar-refractivity contribution in [1.29, 1.82) is 0 Å². The van der Waals surface area contributed by atoms with E-state index in [0.717, 1.165) is 37.5 Å². The number of aliphatic carboxylic acids is 1. The van der Waals surface area contributed by atoms with Crippen LogP contribution in [-0.2, 0) is 4.79 Å². The van der Waals surface area contributed by atoms with Crippen LogP contribution in [-0.4, -0.2) is 11.1 Å². The van der Waals surface area contributed by atoms with E-state index in [4.69, 9.17) is 0 Å². The first kappa shape index (κ1) is 12.5. The van der Waals surface area contributed by atoms with Gasteiger partial charge in [0.05, 0.1) is 5.41 Å². The molecule has 18 heavy (non-hydrogen) atoms. The van der Waals surface area contributed by atoms with Crippen LogP contribution in [0.25, 0.3) is 0 Å². The van der Waals surface area contributed by atoms with E-state index in [1.54, 1.807) is 0 Å². The zero-order chi connectivity index (χ0) is 12.8. The topological polar surface area (TPSA) is 37.3 Å². The standard InChI is InChI=1S/C16H26O2/c1-2-11-4-3-7-16(10-11,15(17)18)14-9-12-5-6-13(14)8-12/h11-14H,2-10H2,1H3,(H,17,18). The number of carboxylic acid groups (broad SMARTS) is 1. The number of carboxylic acids is 1. The van der Waals surface area contributed by atoms with Gasteiger partial charge in [-0.3, -0.25) is 4.79 Å². The monoisotopic (exact) mass is 250 g/mol. The van der Waals surface area contributed by atoms with Gasteiger partial charge in [0.25, 0.3) is 0 Å². The van der Waals surface area contributed by atoms with E-state index in [-0.39, 0.29) is 5.41 Å². The third kappa shape index (κ3) is 1.80. The van der Waals surface area contributed by atoms with Gasteiger partial charge < -0.3 is 5.11 Å². The Bertz CT molecular complexity index is 338. The van der Waals surface area contributed by atoms with Crippen molar-refractivity contribution < 1.29 is 9.90 Å². The van der Waals surface area contributed by atoms with E-state index in [1.165, 1.54) is 32.1 Å². The van der Waals surface area contributed by atoms with Crippen molar-refractivity contribution >= 4 is 5.97 Å². The summed E-state index contributed by atoms with van der Waals surface area (Å²) in [6, 6.07) is 0. The molecule has 0 amide bonds. The molecule has 3 saturated carbocycles. The van der Waals surface area contributed by atoms with Crippen LogP contribution < -0.4 is 0 Å². The van der Waals surface area contributed by atoms with Crippen LogP contribution in [0, 0.1) is 29.1 Å². The number of rotatable bonds is 3. The summed E-state index contributed by atoms with van der Waals surface area (Å²) in [6.07, 6.45) is 10.7. The summed E-state index contributed by atoms with van der Waals surface area (Å²) in [5.41, 5.74) is -0.348. The second kappa shape index (κ2) is 4.54. The molecular weight excluding hydrogens is 224 g/mol. The molecule has 0 aliphatic heterocycles. The highest BCUT2D eigenvalue weighted by Crippen LogP contribution is 2.59. The predicted octanol–water partition coefficient (Wildman–Crippen LogP) is 4.09. The number of hydrogen-bond acceptors (Lipinski definition) is 1. The van der Waals surface area contributed by atoms with E-state index >= 15 is 0 Å². The highest BCUT2D eigenvalue weighted by molar-refractivity contribution is 5.75. The minimum atomic E-state index is -0.474. The molecule has 3 aliphatic carbocycles. The lowest BCUT2D eigenvalue weighted by atomic mass is 9.58. The van der Waals surface area contributed by atoms with Crippen LogP contribution in [0.2, 0.25) is 0 Å². The quantitative estimate of drug-likeness (QED) is 0.819. The molecule has 0 aromatic carbocycles. The highest BCUT2D eigenvalue weighted by atomic mass is 16.4. The molecular formula is C16H26O2. The molecule has 0 heterocycles. The van der Waals surface area contributed by atoms with Gasteiger partial charge in [0.15, 0.2) is 0 Å². The van der Waals surface area contributed by atoms with Crippen LogP contribution in [0.1, 0.15) is 64.7 Å². The van der Waals surface area contributed by atoms with Gasteiger partial charge in [0.2, 0.25) is 0 Å². The lowest BCUT2D eigenvalue weighted by Crippen LogP contribution is -2.44.